The fourth-order valence-corrected chi connectivity index (χ4v) is 2.72. The van der Waals surface area contributed by atoms with Gasteiger partial charge in [-0.15, -0.1) is 0 Å². The van der Waals surface area contributed by atoms with Crippen LogP contribution in [0, 0.1) is 5.82 Å². The van der Waals surface area contributed by atoms with E-state index < -0.39 is 22.8 Å². The molecule has 0 atom stereocenters. The number of aromatic carboxylic acids is 1. The van der Waals surface area contributed by atoms with Crippen molar-refractivity contribution in [2.45, 2.75) is 26.3 Å². The molecule has 3 rings (SSSR count). The molecule has 2 heterocycles. The van der Waals surface area contributed by atoms with Crippen LogP contribution in [0.5, 0.6) is 0 Å². The van der Waals surface area contributed by atoms with Gasteiger partial charge in [-0.2, -0.15) is 0 Å². The lowest BCUT2D eigenvalue weighted by atomic mass is 10.1. The second kappa shape index (κ2) is 5.27. The largest absolute Gasteiger partial charge is 0.477 e. The monoisotopic (exact) mass is 348 g/mol. The van der Waals surface area contributed by atoms with Gasteiger partial charge in [0, 0.05) is 17.1 Å². The standard InChI is InChI=1S/C17H14ClFN2O3/c1-17(2,3)21-7-10(16(23)24)14(22)9-4-8-5-12(19)11(18)6-13(8)20-15(9)21/h4-7H,1-3H3,(H,23,24). The highest BCUT2D eigenvalue weighted by Gasteiger charge is 2.22. The lowest BCUT2D eigenvalue weighted by Crippen LogP contribution is -2.28. The Morgan fingerprint density at radius 2 is 1.96 bits per heavy atom. The number of carboxylic acids is 1. The zero-order valence-electron chi connectivity index (χ0n) is 13.2. The van der Waals surface area contributed by atoms with Crippen molar-refractivity contribution in [3.8, 4) is 0 Å². The maximum atomic E-state index is 13.7. The van der Waals surface area contributed by atoms with Crippen molar-refractivity contribution >= 4 is 39.5 Å². The van der Waals surface area contributed by atoms with Crippen molar-refractivity contribution < 1.29 is 14.3 Å². The number of halogens is 2. The molecule has 1 N–H and O–H groups in total. The highest BCUT2D eigenvalue weighted by Crippen LogP contribution is 2.26. The van der Waals surface area contributed by atoms with Gasteiger partial charge in [0.25, 0.3) is 0 Å². The third-order valence-electron chi connectivity index (χ3n) is 3.77. The Morgan fingerprint density at radius 1 is 1.29 bits per heavy atom. The Morgan fingerprint density at radius 3 is 2.54 bits per heavy atom. The molecule has 124 valence electrons. The number of hydrogen-bond donors (Lipinski definition) is 1. The molecule has 0 radical (unpaired) electrons. The highest BCUT2D eigenvalue weighted by atomic mass is 35.5. The van der Waals surface area contributed by atoms with Crippen molar-refractivity contribution in [2.75, 3.05) is 0 Å². The van der Waals surface area contributed by atoms with Gasteiger partial charge in [0.15, 0.2) is 0 Å². The lowest BCUT2D eigenvalue weighted by Gasteiger charge is -2.25. The minimum Gasteiger partial charge on any atom is -0.477 e. The van der Waals surface area contributed by atoms with Crippen LogP contribution in [0.1, 0.15) is 31.1 Å². The summed E-state index contributed by atoms with van der Waals surface area (Å²) < 4.78 is 15.3. The third-order valence-corrected chi connectivity index (χ3v) is 4.06. The van der Waals surface area contributed by atoms with E-state index in [1.54, 1.807) is 4.57 Å². The van der Waals surface area contributed by atoms with Crippen LogP contribution in [0.2, 0.25) is 5.02 Å². The number of benzene rings is 1. The minimum absolute atomic E-state index is 0.0684. The van der Waals surface area contributed by atoms with E-state index in [9.17, 15) is 19.1 Å². The van der Waals surface area contributed by atoms with E-state index in [0.29, 0.717) is 16.6 Å². The molecule has 0 spiro atoms. The fraction of sp³-hybridized carbons (Fsp3) is 0.235. The molecular formula is C17H14ClFN2O3. The Hall–Kier alpha value is -2.47. The van der Waals surface area contributed by atoms with Crippen LogP contribution in [0.25, 0.3) is 21.9 Å². The second-order valence-electron chi connectivity index (χ2n) is 6.54. The molecule has 0 unspecified atom stereocenters. The summed E-state index contributed by atoms with van der Waals surface area (Å²) in [6.45, 7) is 5.60. The third kappa shape index (κ3) is 2.53. The second-order valence-corrected chi connectivity index (χ2v) is 6.94. The number of hydrogen-bond acceptors (Lipinski definition) is 3. The van der Waals surface area contributed by atoms with Gasteiger partial charge in [0.1, 0.15) is 17.0 Å². The summed E-state index contributed by atoms with van der Waals surface area (Å²) in [4.78, 5) is 28.3. The molecule has 0 saturated heterocycles. The van der Waals surface area contributed by atoms with Crippen molar-refractivity contribution in [3.05, 3.63) is 51.0 Å². The zero-order chi connectivity index (χ0) is 17.8. The minimum atomic E-state index is -1.32. The molecule has 0 aliphatic carbocycles. The van der Waals surface area contributed by atoms with E-state index in [1.165, 1.54) is 24.4 Å². The molecule has 3 aromatic rings. The van der Waals surface area contributed by atoms with Crippen LogP contribution >= 0.6 is 11.6 Å². The topological polar surface area (TPSA) is 72.2 Å². The maximum absolute atomic E-state index is 13.7. The highest BCUT2D eigenvalue weighted by molar-refractivity contribution is 6.31. The first-order valence-corrected chi connectivity index (χ1v) is 7.56. The summed E-state index contributed by atoms with van der Waals surface area (Å²) in [5, 5.41) is 9.73. The van der Waals surface area contributed by atoms with Gasteiger partial charge in [-0.3, -0.25) is 4.79 Å². The first kappa shape index (κ1) is 16.4. The maximum Gasteiger partial charge on any atom is 0.341 e. The molecule has 1 aromatic carbocycles. The lowest BCUT2D eigenvalue weighted by molar-refractivity contribution is 0.0694. The van der Waals surface area contributed by atoms with Crippen LogP contribution in [0.4, 0.5) is 4.39 Å². The fourth-order valence-electron chi connectivity index (χ4n) is 2.57. The molecule has 0 aliphatic heterocycles. The molecule has 5 nitrogen and oxygen atoms in total. The van der Waals surface area contributed by atoms with Gasteiger partial charge < -0.3 is 9.67 Å². The Balaban J connectivity index is 2.56. The summed E-state index contributed by atoms with van der Waals surface area (Å²) in [5.74, 6) is -1.95. The summed E-state index contributed by atoms with van der Waals surface area (Å²) >= 11 is 5.81. The van der Waals surface area contributed by atoms with Crippen LogP contribution in [-0.4, -0.2) is 20.6 Å². The summed E-state index contributed by atoms with van der Waals surface area (Å²) in [7, 11) is 0. The molecule has 0 saturated carbocycles. The average molecular weight is 349 g/mol. The van der Waals surface area contributed by atoms with Gasteiger partial charge in [0.2, 0.25) is 5.43 Å². The number of carbonyl (C=O) groups is 1. The average Bonchev–Trinajstić information content (AvgIpc) is 2.46. The van der Waals surface area contributed by atoms with Crippen molar-refractivity contribution in [1.82, 2.24) is 9.55 Å². The van der Waals surface area contributed by atoms with E-state index >= 15 is 0 Å². The number of pyridine rings is 2. The molecular weight excluding hydrogens is 335 g/mol. The van der Waals surface area contributed by atoms with E-state index in [2.05, 4.69) is 4.98 Å². The molecule has 0 fully saturated rings. The summed E-state index contributed by atoms with van der Waals surface area (Å²) in [5.41, 5.74) is -0.765. The van der Waals surface area contributed by atoms with Gasteiger partial charge in [0.05, 0.1) is 15.9 Å². The molecule has 24 heavy (non-hydrogen) atoms. The van der Waals surface area contributed by atoms with Crippen molar-refractivity contribution in [1.29, 1.82) is 0 Å². The van der Waals surface area contributed by atoms with E-state index in [1.807, 2.05) is 20.8 Å². The van der Waals surface area contributed by atoms with Gasteiger partial charge >= 0.3 is 5.97 Å². The first-order valence-electron chi connectivity index (χ1n) is 7.18. The van der Waals surface area contributed by atoms with Crippen molar-refractivity contribution in [2.24, 2.45) is 0 Å². The number of rotatable bonds is 1. The predicted octanol–water partition coefficient (Wildman–Crippen LogP) is 3.80. The van der Waals surface area contributed by atoms with Crippen LogP contribution in [0.15, 0.2) is 29.2 Å². The van der Waals surface area contributed by atoms with Crippen molar-refractivity contribution in [3.63, 3.8) is 0 Å². The van der Waals surface area contributed by atoms with E-state index in [-0.39, 0.29) is 16.0 Å². The Kier molecular flexibility index (Phi) is 3.60. The number of nitrogens with zero attached hydrogens (tertiary/aromatic N) is 2. The summed E-state index contributed by atoms with van der Waals surface area (Å²) in [6.07, 6.45) is 1.29. The predicted molar refractivity (Wildman–Crippen MR) is 90.4 cm³/mol. The molecule has 0 bridgehead atoms. The molecule has 0 aliphatic rings. The van der Waals surface area contributed by atoms with Gasteiger partial charge in [-0.1, -0.05) is 11.6 Å². The number of aromatic nitrogens is 2. The normalized spacial score (nSPS) is 12.0. The quantitative estimate of drug-likeness (QED) is 0.679. The van der Waals surface area contributed by atoms with E-state index in [4.69, 9.17) is 11.6 Å². The van der Waals surface area contributed by atoms with E-state index in [0.717, 1.165) is 0 Å². The Labute approximate surface area is 141 Å². The zero-order valence-corrected chi connectivity index (χ0v) is 14.0. The molecule has 2 aromatic heterocycles. The van der Waals surface area contributed by atoms with Gasteiger partial charge in [-0.05, 0) is 39.0 Å². The SMILES string of the molecule is CC(C)(C)n1cc(C(=O)O)c(=O)c2cc3cc(F)c(Cl)cc3nc21. The van der Waals surface area contributed by atoms with Crippen LogP contribution in [-0.2, 0) is 5.54 Å². The number of fused-ring (bicyclic) bond motifs is 2. The van der Waals surface area contributed by atoms with Gasteiger partial charge in [-0.25, -0.2) is 14.2 Å². The van der Waals surface area contributed by atoms with Crippen LogP contribution < -0.4 is 5.43 Å². The smallest absolute Gasteiger partial charge is 0.341 e. The first-order chi connectivity index (χ1) is 11.1. The Bertz CT molecular complexity index is 1070. The number of carboxylic acid groups (broad SMARTS) is 1. The molecule has 7 heteroatoms. The molecule has 0 amide bonds. The van der Waals surface area contributed by atoms with Crippen LogP contribution in [0.3, 0.4) is 0 Å². The summed E-state index contributed by atoms with van der Waals surface area (Å²) in [6, 6.07) is 4.01.